The fourth-order valence-corrected chi connectivity index (χ4v) is 4.83. The molecule has 0 radical (unpaired) electrons. The third-order valence-electron chi connectivity index (χ3n) is 6.73. The maximum absolute atomic E-state index is 15.1. The van der Waals surface area contributed by atoms with E-state index in [0.717, 1.165) is 39.0 Å². The van der Waals surface area contributed by atoms with Crippen molar-refractivity contribution in [3.05, 3.63) is 95.2 Å². The van der Waals surface area contributed by atoms with Crippen molar-refractivity contribution in [2.45, 2.75) is 40.7 Å². The van der Waals surface area contributed by atoms with Crippen LogP contribution >= 0.6 is 0 Å². The van der Waals surface area contributed by atoms with Gasteiger partial charge < -0.3 is 15.6 Å². The van der Waals surface area contributed by atoms with Crippen molar-refractivity contribution in [2.24, 2.45) is 0 Å². The molecule has 0 amide bonds. The zero-order chi connectivity index (χ0) is 25.4. The van der Waals surface area contributed by atoms with Crippen LogP contribution in [0.15, 0.2) is 55.8 Å². The van der Waals surface area contributed by atoms with Gasteiger partial charge in [0.05, 0.1) is 17.9 Å². The normalized spacial score (nSPS) is 12.0. The molecule has 5 heteroatoms. The van der Waals surface area contributed by atoms with Gasteiger partial charge in [-0.25, -0.2) is 4.39 Å². The summed E-state index contributed by atoms with van der Waals surface area (Å²) in [5, 5.41) is 4.15. The van der Waals surface area contributed by atoms with E-state index in [1.165, 1.54) is 17.2 Å². The SMILES string of the molecule is C=C(NC)c1cc(Cn2c3c(c4cc(C)c(C)cc42)-c2cccnc2CC3=C)c(F)cc1N.CC. The van der Waals surface area contributed by atoms with E-state index in [1.807, 2.05) is 26.1 Å². The topological polar surface area (TPSA) is 55.9 Å². The second-order valence-electron chi connectivity index (χ2n) is 8.80. The van der Waals surface area contributed by atoms with Crippen LogP contribution in [0, 0.1) is 19.7 Å². The Balaban J connectivity index is 0.00000141. The highest BCUT2D eigenvalue weighted by molar-refractivity contribution is 6.05. The minimum atomic E-state index is -0.330. The molecule has 35 heavy (non-hydrogen) atoms. The van der Waals surface area contributed by atoms with Crippen LogP contribution in [-0.2, 0) is 13.0 Å². The Labute approximate surface area is 207 Å². The summed E-state index contributed by atoms with van der Waals surface area (Å²) in [5.74, 6) is -0.330. The molecule has 1 aliphatic rings. The summed E-state index contributed by atoms with van der Waals surface area (Å²) >= 11 is 0. The fraction of sp³-hybridized carbons (Fsp3) is 0.233. The summed E-state index contributed by atoms with van der Waals surface area (Å²) < 4.78 is 17.3. The number of pyridine rings is 1. The van der Waals surface area contributed by atoms with Gasteiger partial charge in [-0.15, -0.1) is 0 Å². The molecule has 0 atom stereocenters. The number of anilines is 1. The number of allylic oxidation sites excluding steroid dienone is 1. The number of halogens is 1. The van der Waals surface area contributed by atoms with Gasteiger partial charge in [0.15, 0.2) is 0 Å². The third kappa shape index (κ3) is 4.01. The molecule has 2 aromatic heterocycles. The fourth-order valence-electron chi connectivity index (χ4n) is 4.83. The summed E-state index contributed by atoms with van der Waals surface area (Å²) in [6, 6.07) is 11.7. The molecule has 0 spiro atoms. The molecule has 2 heterocycles. The molecule has 5 rings (SSSR count). The summed E-state index contributed by atoms with van der Waals surface area (Å²) in [5.41, 5.74) is 17.1. The molecule has 1 aliphatic carbocycles. The van der Waals surface area contributed by atoms with Crippen molar-refractivity contribution in [1.82, 2.24) is 14.9 Å². The van der Waals surface area contributed by atoms with Crippen LogP contribution < -0.4 is 11.1 Å². The number of rotatable bonds is 4. The van der Waals surface area contributed by atoms with Gasteiger partial charge in [0, 0.05) is 64.2 Å². The number of aromatic nitrogens is 2. The average molecular weight is 469 g/mol. The van der Waals surface area contributed by atoms with E-state index in [0.29, 0.717) is 35.5 Å². The molecule has 0 aliphatic heterocycles. The second kappa shape index (κ2) is 9.41. The maximum Gasteiger partial charge on any atom is 0.130 e. The zero-order valence-electron chi connectivity index (χ0n) is 21.2. The summed E-state index contributed by atoms with van der Waals surface area (Å²) in [6.07, 6.45) is 2.50. The van der Waals surface area contributed by atoms with Crippen LogP contribution in [0.25, 0.3) is 33.3 Å². The predicted octanol–water partition coefficient (Wildman–Crippen LogP) is 6.88. The van der Waals surface area contributed by atoms with E-state index in [-0.39, 0.29) is 5.82 Å². The molecule has 0 saturated carbocycles. The molecular weight excluding hydrogens is 435 g/mol. The smallest absolute Gasteiger partial charge is 0.130 e. The van der Waals surface area contributed by atoms with E-state index in [4.69, 9.17) is 5.73 Å². The first-order valence-electron chi connectivity index (χ1n) is 12.0. The lowest BCUT2D eigenvalue weighted by Crippen LogP contribution is -2.12. The van der Waals surface area contributed by atoms with Gasteiger partial charge in [0.1, 0.15) is 5.82 Å². The molecule has 180 valence electrons. The largest absolute Gasteiger partial charge is 0.398 e. The van der Waals surface area contributed by atoms with Gasteiger partial charge >= 0.3 is 0 Å². The molecule has 0 bridgehead atoms. The summed E-state index contributed by atoms with van der Waals surface area (Å²) in [7, 11) is 1.78. The average Bonchev–Trinajstić information content (AvgIpc) is 3.15. The Bertz CT molecular complexity index is 1480. The van der Waals surface area contributed by atoms with Gasteiger partial charge in [-0.3, -0.25) is 4.98 Å². The molecular formula is C30H33FN4. The van der Waals surface area contributed by atoms with Crippen molar-refractivity contribution in [3.8, 4) is 11.1 Å². The van der Waals surface area contributed by atoms with Crippen LogP contribution in [0.4, 0.5) is 10.1 Å². The minimum Gasteiger partial charge on any atom is -0.398 e. The zero-order valence-corrected chi connectivity index (χ0v) is 21.2. The number of hydrogen-bond acceptors (Lipinski definition) is 3. The predicted molar refractivity (Wildman–Crippen MR) is 147 cm³/mol. The Kier molecular flexibility index (Phi) is 6.53. The summed E-state index contributed by atoms with van der Waals surface area (Å²) in [6.45, 7) is 17.0. The monoisotopic (exact) mass is 468 g/mol. The van der Waals surface area contributed by atoms with Crippen molar-refractivity contribution in [1.29, 1.82) is 0 Å². The Morgan fingerprint density at radius 1 is 1.17 bits per heavy atom. The van der Waals surface area contributed by atoms with Crippen molar-refractivity contribution < 1.29 is 4.39 Å². The van der Waals surface area contributed by atoms with E-state index >= 15 is 4.39 Å². The highest BCUT2D eigenvalue weighted by atomic mass is 19.1. The maximum atomic E-state index is 15.1. The lowest BCUT2D eigenvalue weighted by Gasteiger charge is -2.21. The lowest BCUT2D eigenvalue weighted by atomic mass is 9.88. The molecule has 2 aromatic carbocycles. The van der Waals surface area contributed by atoms with Gasteiger partial charge in [0.25, 0.3) is 0 Å². The summed E-state index contributed by atoms with van der Waals surface area (Å²) in [4.78, 5) is 4.61. The van der Waals surface area contributed by atoms with E-state index < -0.39 is 0 Å². The minimum absolute atomic E-state index is 0.330. The Morgan fingerprint density at radius 2 is 1.89 bits per heavy atom. The van der Waals surface area contributed by atoms with Gasteiger partial charge in [-0.1, -0.05) is 33.1 Å². The number of nitrogens with zero attached hydrogens (tertiary/aromatic N) is 2. The second-order valence-corrected chi connectivity index (χ2v) is 8.80. The van der Waals surface area contributed by atoms with Crippen LogP contribution in [-0.4, -0.2) is 16.6 Å². The Morgan fingerprint density at radius 3 is 2.60 bits per heavy atom. The molecule has 0 fully saturated rings. The molecule has 0 saturated heterocycles. The molecule has 3 N–H and O–H groups in total. The van der Waals surface area contributed by atoms with E-state index in [9.17, 15) is 0 Å². The van der Waals surface area contributed by atoms with Crippen molar-refractivity contribution in [3.63, 3.8) is 0 Å². The highest BCUT2D eigenvalue weighted by Gasteiger charge is 2.28. The van der Waals surface area contributed by atoms with Crippen LogP contribution in [0.5, 0.6) is 0 Å². The number of nitrogen functional groups attached to an aromatic ring is 1. The van der Waals surface area contributed by atoms with Gasteiger partial charge in [-0.2, -0.15) is 0 Å². The van der Waals surface area contributed by atoms with Gasteiger partial charge in [-0.05, 0) is 60.9 Å². The van der Waals surface area contributed by atoms with Crippen LogP contribution in [0.3, 0.4) is 0 Å². The molecule has 0 unspecified atom stereocenters. The Hall–Kier alpha value is -3.86. The lowest BCUT2D eigenvalue weighted by molar-refractivity contribution is 0.601. The first-order valence-corrected chi connectivity index (χ1v) is 12.0. The number of nitrogens with two attached hydrogens (primary N) is 1. The quantitative estimate of drug-likeness (QED) is 0.321. The number of hydrogen-bond donors (Lipinski definition) is 2. The van der Waals surface area contributed by atoms with E-state index in [1.54, 1.807) is 13.1 Å². The van der Waals surface area contributed by atoms with Crippen LogP contribution in [0.2, 0.25) is 0 Å². The van der Waals surface area contributed by atoms with E-state index in [2.05, 4.69) is 60.1 Å². The first kappa shape index (κ1) is 24.3. The molecule has 4 nitrogen and oxygen atoms in total. The number of nitrogens with one attached hydrogen (secondary N) is 1. The number of benzene rings is 2. The van der Waals surface area contributed by atoms with Gasteiger partial charge in [0.2, 0.25) is 0 Å². The van der Waals surface area contributed by atoms with Crippen molar-refractivity contribution in [2.75, 3.05) is 12.8 Å². The van der Waals surface area contributed by atoms with Crippen molar-refractivity contribution >= 4 is 27.9 Å². The first-order chi connectivity index (χ1) is 16.8. The van der Waals surface area contributed by atoms with Crippen LogP contribution in [0.1, 0.15) is 47.5 Å². The molecule has 4 aromatic rings. The third-order valence-corrected chi connectivity index (χ3v) is 6.73. The number of fused-ring (bicyclic) bond motifs is 5. The standard InChI is InChI=1S/C28H27FN4.C2H6/c1-15-9-22-26(11-16(15)2)33(14-19-12-21(18(4)31-5)24(30)13-23(19)29)28-17(3)10-25-20(27(22)28)7-6-8-32-25;1-2/h6-9,11-13,31H,3-4,10,14,30H2,1-2,5H3;1-2H3. The highest BCUT2D eigenvalue weighted by Crippen LogP contribution is 2.45. The number of aryl methyl sites for hydroxylation is 2.